The molecule has 1 aliphatic rings. The zero-order valence-corrected chi connectivity index (χ0v) is 14.6. The highest BCUT2D eigenvalue weighted by Gasteiger charge is 2.32. The van der Waals surface area contributed by atoms with Crippen LogP contribution in [0.4, 0.5) is 5.69 Å². The fraction of sp³-hybridized carbons (Fsp3) is 0.136. The van der Waals surface area contributed by atoms with E-state index in [1.54, 1.807) is 12.1 Å². The van der Waals surface area contributed by atoms with E-state index in [2.05, 4.69) is 6.07 Å². The Hall–Kier alpha value is -3.47. The number of rotatable bonds is 3. The molecule has 134 valence electrons. The molecule has 0 bridgehead atoms. The van der Waals surface area contributed by atoms with Gasteiger partial charge in [-0.1, -0.05) is 42.5 Å². The molecule has 5 nitrogen and oxygen atoms in total. The largest absolute Gasteiger partial charge is 0.327 e. The Kier molecular flexibility index (Phi) is 4.42. The first-order chi connectivity index (χ1) is 13.1. The minimum absolute atomic E-state index is 0.0338. The second-order valence-electron chi connectivity index (χ2n) is 6.56. The quantitative estimate of drug-likeness (QED) is 0.515. The van der Waals surface area contributed by atoms with Gasteiger partial charge in [-0.25, -0.2) is 0 Å². The number of hydrogen-bond donors (Lipinski definition) is 0. The van der Waals surface area contributed by atoms with Crippen LogP contribution in [0.1, 0.15) is 33.1 Å². The Morgan fingerprint density at radius 1 is 0.926 bits per heavy atom. The molecule has 5 heteroatoms. The number of amides is 1. The number of benzene rings is 3. The van der Waals surface area contributed by atoms with Gasteiger partial charge >= 0.3 is 0 Å². The molecule has 0 spiro atoms. The molecular weight excluding hydrogens is 340 g/mol. The highest BCUT2D eigenvalue weighted by Crippen LogP contribution is 2.36. The maximum Gasteiger partial charge on any atom is 0.269 e. The molecule has 27 heavy (non-hydrogen) atoms. The number of nitrogens with zero attached hydrogens (tertiary/aromatic N) is 2. The van der Waals surface area contributed by atoms with Crippen LogP contribution in [0.3, 0.4) is 0 Å². The lowest BCUT2D eigenvalue weighted by Crippen LogP contribution is -2.40. The van der Waals surface area contributed by atoms with Gasteiger partial charge in [-0.2, -0.15) is 0 Å². The van der Waals surface area contributed by atoms with E-state index >= 15 is 0 Å². The molecule has 0 fully saturated rings. The van der Waals surface area contributed by atoms with Crippen molar-refractivity contribution in [3.8, 4) is 0 Å². The van der Waals surface area contributed by atoms with Crippen LogP contribution in [0, 0.1) is 10.1 Å². The SMILES string of the molecule is O=C(c1ccccc1)N1CCc2ccccc2C1c1ccc([N+](=O)[O-])cc1. The second kappa shape index (κ2) is 7.03. The van der Waals surface area contributed by atoms with Crippen molar-refractivity contribution in [2.75, 3.05) is 6.54 Å². The van der Waals surface area contributed by atoms with Crippen LogP contribution >= 0.6 is 0 Å². The summed E-state index contributed by atoms with van der Waals surface area (Å²) in [4.78, 5) is 25.6. The van der Waals surface area contributed by atoms with Crippen LogP contribution in [0.15, 0.2) is 78.9 Å². The van der Waals surface area contributed by atoms with Gasteiger partial charge in [0.05, 0.1) is 11.0 Å². The van der Waals surface area contributed by atoms with Gasteiger partial charge in [-0.05, 0) is 47.4 Å². The fourth-order valence-corrected chi connectivity index (χ4v) is 3.67. The summed E-state index contributed by atoms with van der Waals surface area (Å²) >= 11 is 0. The van der Waals surface area contributed by atoms with E-state index in [0.717, 1.165) is 17.5 Å². The standard InChI is InChI=1S/C22H18N2O3/c25-22(18-7-2-1-3-8-18)23-15-14-16-6-4-5-9-20(16)21(23)17-10-12-19(13-11-17)24(26)27/h1-13,21H,14-15H2. The lowest BCUT2D eigenvalue weighted by molar-refractivity contribution is -0.384. The highest BCUT2D eigenvalue weighted by molar-refractivity contribution is 5.95. The molecule has 1 unspecified atom stereocenters. The Balaban J connectivity index is 1.79. The van der Waals surface area contributed by atoms with Gasteiger partial charge in [0, 0.05) is 24.2 Å². The minimum atomic E-state index is -0.411. The summed E-state index contributed by atoms with van der Waals surface area (Å²) in [5.41, 5.74) is 3.84. The van der Waals surface area contributed by atoms with Gasteiger partial charge in [0.2, 0.25) is 0 Å². The normalized spacial score (nSPS) is 15.9. The number of non-ortho nitro benzene ring substituents is 1. The summed E-state index contributed by atoms with van der Waals surface area (Å²) in [6.07, 6.45) is 0.790. The minimum Gasteiger partial charge on any atom is -0.327 e. The molecule has 0 saturated heterocycles. The number of fused-ring (bicyclic) bond motifs is 1. The van der Waals surface area contributed by atoms with Crippen molar-refractivity contribution in [1.29, 1.82) is 0 Å². The van der Waals surface area contributed by atoms with Gasteiger partial charge < -0.3 is 4.90 Å². The summed E-state index contributed by atoms with van der Waals surface area (Å²) in [5.74, 6) is -0.0338. The smallest absolute Gasteiger partial charge is 0.269 e. The van der Waals surface area contributed by atoms with E-state index in [-0.39, 0.29) is 17.6 Å². The maximum atomic E-state index is 13.2. The molecule has 0 aliphatic carbocycles. The van der Waals surface area contributed by atoms with Gasteiger partial charge in [-0.3, -0.25) is 14.9 Å². The predicted octanol–water partition coefficient (Wildman–Crippen LogP) is 4.38. The zero-order chi connectivity index (χ0) is 18.8. The van der Waals surface area contributed by atoms with Crippen LogP contribution in [-0.2, 0) is 6.42 Å². The Morgan fingerprint density at radius 3 is 2.30 bits per heavy atom. The third kappa shape index (κ3) is 3.19. The molecule has 0 saturated carbocycles. The van der Waals surface area contributed by atoms with Crippen LogP contribution in [0.2, 0.25) is 0 Å². The maximum absolute atomic E-state index is 13.2. The first kappa shape index (κ1) is 17.0. The van der Waals surface area contributed by atoms with Crippen LogP contribution in [0.5, 0.6) is 0 Å². The average Bonchev–Trinajstić information content (AvgIpc) is 2.73. The van der Waals surface area contributed by atoms with Crippen molar-refractivity contribution in [3.05, 3.63) is 111 Å². The van der Waals surface area contributed by atoms with Gasteiger partial charge in [0.1, 0.15) is 0 Å². The van der Waals surface area contributed by atoms with E-state index < -0.39 is 4.92 Å². The number of carbonyl (C=O) groups is 1. The highest BCUT2D eigenvalue weighted by atomic mass is 16.6. The van der Waals surface area contributed by atoms with Crippen LogP contribution < -0.4 is 0 Å². The number of nitro benzene ring substituents is 1. The number of hydrogen-bond acceptors (Lipinski definition) is 3. The fourth-order valence-electron chi connectivity index (χ4n) is 3.67. The van der Waals surface area contributed by atoms with E-state index in [1.807, 2.05) is 53.4 Å². The van der Waals surface area contributed by atoms with E-state index in [0.29, 0.717) is 12.1 Å². The van der Waals surface area contributed by atoms with E-state index in [9.17, 15) is 14.9 Å². The zero-order valence-electron chi connectivity index (χ0n) is 14.6. The molecule has 0 N–H and O–H groups in total. The van der Waals surface area contributed by atoms with Crippen molar-refractivity contribution >= 4 is 11.6 Å². The van der Waals surface area contributed by atoms with Crippen molar-refractivity contribution in [2.45, 2.75) is 12.5 Å². The predicted molar refractivity (Wildman–Crippen MR) is 103 cm³/mol. The molecule has 3 aromatic rings. The molecule has 0 radical (unpaired) electrons. The molecule has 4 rings (SSSR count). The van der Waals surface area contributed by atoms with Crippen molar-refractivity contribution in [1.82, 2.24) is 4.90 Å². The van der Waals surface area contributed by atoms with Gasteiger partial charge in [0.15, 0.2) is 0 Å². The van der Waals surface area contributed by atoms with Gasteiger partial charge in [-0.15, -0.1) is 0 Å². The van der Waals surface area contributed by atoms with Crippen LogP contribution in [-0.4, -0.2) is 22.3 Å². The molecule has 1 aliphatic heterocycles. The summed E-state index contributed by atoms with van der Waals surface area (Å²) in [7, 11) is 0. The third-order valence-corrected chi connectivity index (χ3v) is 4.98. The topological polar surface area (TPSA) is 63.5 Å². The Morgan fingerprint density at radius 2 is 1.59 bits per heavy atom. The first-order valence-corrected chi connectivity index (χ1v) is 8.83. The number of carbonyl (C=O) groups excluding carboxylic acids is 1. The molecule has 0 aromatic heterocycles. The Labute approximate surface area is 157 Å². The molecular formula is C22H18N2O3. The molecule has 1 amide bonds. The van der Waals surface area contributed by atoms with E-state index in [1.165, 1.54) is 17.7 Å². The summed E-state index contributed by atoms with van der Waals surface area (Å²) in [6.45, 7) is 0.604. The van der Waals surface area contributed by atoms with Gasteiger partial charge in [0.25, 0.3) is 11.6 Å². The lowest BCUT2D eigenvalue weighted by Gasteiger charge is -2.38. The average molecular weight is 358 g/mol. The van der Waals surface area contributed by atoms with Crippen molar-refractivity contribution in [3.63, 3.8) is 0 Å². The first-order valence-electron chi connectivity index (χ1n) is 8.83. The van der Waals surface area contributed by atoms with E-state index in [4.69, 9.17) is 0 Å². The van der Waals surface area contributed by atoms with Crippen molar-refractivity contribution in [2.24, 2.45) is 0 Å². The van der Waals surface area contributed by atoms with Crippen LogP contribution in [0.25, 0.3) is 0 Å². The van der Waals surface area contributed by atoms with Crippen molar-refractivity contribution < 1.29 is 9.72 Å². The second-order valence-corrected chi connectivity index (χ2v) is 6.56. The lowest BCUT2D eigenvalue weighted by atomic mass is 9.87. The Bertz CT molecular complexity index is 984. The number of nitro groups is 1. The summed E-state index contributed by atoms with van der Waals surface area (Å²) in [6, 6.07) is 23.5. The monoisotopic (exact) mass is 358 g/mol. The third-order valence-electron chi connectivity index (χ3n) is 4.98. The molecule has 3 aromatic carbocycles. The molecule has 1 atom stereocenters. The summed E-state index contributed by atoms with van der Waals surface area (Å²) in [5, 5.41) is 11.0. The summed E-state index contributed by atoms with van der Waals surface area (Å²) < 4.78 is 0. The molecule has 1 heterocycles.